The molecular formula is C22H22FN3O3S. The predicted octanol–water partition coefficient (Wildman–Crippen LogP) is 3.99. The number of halogens is 1. The molecule has 1 aromatic heterocycles. The Morgan fingerprint density at radius 1 is 1.20 bits per heavy atom. The van der Waals surface area contributed by atoms with Gasteiger partial charge in [0.2, 0.25) is 11.8 Å². The van der Waals surface area contributed by atoms with E-state index in [1.165, 1.54) is 28.4 Å². The maximum atomic E-state index is 13.1. The standard InChI is InChI=1S/C22H22FN3O3S/c1-3-26(13-20(27)24-17-5-4-6-19(11-17)29-2)21(28)12-18-14-30-22(25-18)15-7-9-16(23)10-8-15/h4-11,14H,3,12-13H2,1-2H3,(H,24,27). The molecule has 2 amide bonds. The van der Waals surface area contributed by atoms with Crippen LogP contribution in [0.25, 0.3) is 10.6 Å². The van der Waals surface area contributed by atoms with Crippen LogP contribution in [0.1, 0.15) is 12.6 Å². The summed E-state index contributed by atoms with van der Waals surface area (Å²) in [6.45, 7) is 2.17. The lowest BCUT2D eigenvalue weighted by Crippen LogP contribution is -2.38. The van der Waals surface area contributed by atoms with Crippen LogP contribution in [0.3, 0.4) is 0 Å². The molecule has 0 radical (unpaired) electrons. The number of amides is 2. The summed E-state index contributed by atoms with van der Waals surface area (Å²) in [5, 5.41) is 5.30. The largest absolute Gasteiger partial charge is 0.497 e. The lowest BCUT2D eigenvalue weighted by Gasteiger charge is -2.20. The van der Waals surface area contributed by atoms with Crippen LogP contribution in [0.15, 0.2) is 53.9 Å². The van der Waals surface area contributed by atoms with Crippen molar-refractivity contribution < 1.29 is 18.7 Å². The fourth-order valence-electron chi connectivity index (χ4n) is 2.83. The molecule has 6 nitrogen and oxygen atoms in total. The molecule has 1 N–H and O–H groups in total. The first-order valence-electron chi connectivity index (χ1n) is 9.40. The van der Waals surface area contributed by atoms with Gasteiger partial charge in [0, 0.05) is 29.2 Å². The fraction of sp³-hybridized carbons (Fsp3) is 0.227. The number of methoxy groups -OCH3 is 1. The minimum Gasteiger partial charge on any atom is -0.497 e. The molecule has 0 fully saturated rings. The van der Waals surface area contributed by atoms with Crippen LogP contribution in [-0.4, -0.2) is 41.9 Å². The highest BCUT2D eigenvalue weighted by Gasteiger charge is 2.18. The molecule has 0 spiro atoms. The third-order valence-electron chi connectivity index (χ3n) is 4.40. The zero-order chi connectivity index (χ0) is 21.5. The maximum Gasteiger partial charge on any atom is 0.243 e. The fourth-order valence-corrected chi connectivity index (χ4v) is 3.66. The zero-order valence-corrected chi connectivity index (χ0v) is 17.5. The van der Waals surface area contributed by atoms with Crippen molar-refractivity contribution in [1.29, 1.82) is 0 Å². The summed E-state index contributed by atoms with van der Waals surface area (Å²) in [5.74, 6) is -0.147. The Hall–Kier alpha value is -3.26. The van der Waals surface area contributed by atoms with Crippen molar-refractivity contribution >= 4 is 28.8 Å². The predicted molar refractivity (Wildman–Crippen MR) is 115 cm³/mol. The first-order chi connectivity index (χ1) is 14.5. The van der Waals surface area contributed by atoms with E-state index < -0.39 is 0 Å². The number of thiazole rings is 1. The number of carbonyl (C=O) groups is 2. The summed E-state index contributed by atoms with van der Waals surface area (Å²) < 4.78 is 18.2. The highest BCUT2D eigenvalue weighted by atomic mass is 32.1. The van der Waals surface area contributed by atoms with Crippen LogP contribution in [0.4, 0.5) is 10.1 Å². The van der Waals surface area contributed by atoms with E-state index in [9.17, 15) is 14.0 Å². The summed E-state index contributed by atoms with van der Waals surface area (Å²) in [5.41, 5.74) is 2.02. The molecule has 2 aromatic carbocycles. The summed E-state index contributed by atoms with van der Waals surface area (Å²) in [6.07, 6.45) is 0.0952. The summed E-state index contributed by atoms with van der Waals surface area (Å²) in [6, 6.07) is 13.1. The van der Waals surface area contributed by atoms with Gasteiger partial charge in [-0.25, -0.2) is 9.37 Å². The third-order valence-corrected chi connectivity index (χ3v) is 5.34. The van der Waals surface area contributed by atoms with Gasteiger partial charge in [-0.1, -0.05) is 6.07 Å². The van der Waals surface area contributed by atoms with E-state index in [4.69, 9.17) is 4.74 Å². The second-order valence-corrected chi connectivity index (χ2v) is 7.37. The minimum atomic E-state index is -0.309. The Kier molecular flexibility index (Phi) is 7.13. The lowest BCUT2D eigenvalue weighted by atomic mass is 10.2. The number of anilines is 1. The van der Waals surface area contributed by atoms with E-state index in [2.05, 4.69) is 10.3 Å². The molecule has 3 rings (SSSR count). The number of nitrogens with zero attached hydrogens (tertiary/aromatic N) is 2. The van der Waals surface area contributed by atoms with Gasteiger partial charge in [0.15, 0.2) is 0 Å². The van der Waals surface area contributed by atoms with Gasteiger partial charge < -0.3 is 15.0 Å². The molecule has 0 aliphatic rings. The SMILES string of the molecule is CCN(CC(=O)Nc1cccc(OC)c1)C(=O)Cc1csc(-c2ccc(F)cc2)n1. The molecule has 3 aromatic rings. The first kappa shape index (κ1) is 21.4. The Bertz CT molecular complexity index is 1020. The van der Waals surface area contributed by atoms with Crippen LogP contribution in [0.5, 0.6) is 5.75 Å². The Morgan fingerprint density at radius 2 is 1.97 bits per heavy atom. The van der Waals surface area contributed by atoms with Gasteiger partial charge in [0.05, 0.1) is 25.8 Å². The van der Waals surface area contributed by atoms with E-state index in [-0.39, 0.29) is 30.6 Å². The van der Waals surface area contributed by atoms with Crippen molar-refractivity contribution in [3.63, 3.8) is 0 Å². The second-order valence-electron chi connectivity index (χ2n) is 6.52. The Morgan fingerprint density at radius 3 is 2.67 bits per heavy atom. The van der Waals surface area contributed by atoms with Crippen molar-refractivity contribution in [2.45, 2.75) is 13.3 Å². The zero-order valence-electron chi connectivity index (χ0n) is 16.7. The topological polar surface area (TPSA) is 71.5 Å². The first-order valence-corrected chi connectivity index (χ1v) is 10.3. The molecular weight excluding hydrogens is 405 g/mol. The van der Waals surface area contributed by atoms with E-state index in [1.54, 1.807) is 48.9 Å². The average Bonchev–Trinajstić information content (AvgIpc) is 3.21. The summed E-state index contributed by atoms with van der Waals surface area (Å²) in [7, 11) is 1.55. The quantitative estimate of drug-likeness (QED) is 0.590. The van der Waals surface area contributed by atoms with Gasteiger partial charge in [-0.3, -0.25) is 9.59 Å². The molecule has 0 aliphatic carbocycles. The molecule has 1 heterocycles. The molecule has 30 heavy (non-hydrogen) atoms. The summed E-state index contributed by atoms with van der Waals surface area (Å²) in [4.78, 5) is 31.0. The van der Waals surface area contributed by atoms with Crippen LogP contribution < -0.4 is 10.1 Å². The number of rotatable bonds is 8. The number of benzene rings is 2. The van der Waals surface area contributed by atoms with E-state index in [0.29, 0.717) is 23.7 Å². The van der Waals surface area contributed by atoms with Gasteiger partial charge in [-0.05, 0) is 43.3 Å². The molecule has 0 bridgehead atoms. The van der Waals surface area contributed by atoms with E-state index in [0.717, 1.165) is 10.6 Å². The third kappa shape index (κ3) is 5.64. The minimum absolute atomic E-state index is 0.0541. The lowest BCUT2D eigenvalue weighted by molar-refractivity contribution is -0.133. The second kappa shape index (κ2) is 9.98. The van der Waals surface area contributed by atoms with Crippen molar-refractivity contribution in [3.8, 4) is 16.3 Å². The van der Waals surface area contributed by atoms with Crippen LogP contribution >= 0.6 is 11.3 Å². The monoisotopic (exact) mass is 427 g/mol. The van der Waals surface area contributed by atoms with Gasteiger partial charge in [-0.15, -0.1) is 11.3 Å². The molecule has 0 atom stereocenters. The van der Waals surface area contributed by atoms with E-state index >= 15 is 0 Å². The Labute approximate surface area is 178 Å². The number of hydrogen-bond acceptors (Lipinski definition) is 5. The molecule has 8 heteroatoms. The van der Waals surface area contributed by atoms with E-state index in [1.807, 2.05) is 6.92 Å². The molecule has 156 valence electrons. The highest BCUT2D eigenvalue weighted by molar-refractivity contribution is 7.13. The van der Waals surface area contributed by atoms with Crippen molar-refractivity contribution in [2.24, 2.45) is 0 Å². The van der Waals surface area contributed by atoms with Gasteiger partial charge >= 0.3 is 0 Å². The van der Waals surface area contributed by atoms with Crippen LogP contribution in [0, 0.1) is 5.82 Å². The number of nitrogens with one attached hydrogen (secondary N) is 1. The van der Waals surface area contributed by atoms with Crippen molar-refractivity contribution in [3.05, 3.63) is 65.4 Å². The molecule has 0 unspecified atom stereocenters. The number of carbonyl (C=O) groups excluding carboxylic acids is 2. The number of hydrogen-bond donors (Lipinski definition) is 1. The van der Waals surface area contributed by atoms with Gasteiger partial charge in [-0.2, -0.15) is 0 Å². The summed E-state index contributed by atoms with van der Waals surface area (Å²) >= 11 is 1.39. The molecule has 0 aliphatic heterocycles. The molecule has 0 saturated heterocycles. The normalized spacial score (nSPS) is 10.5. The smallest absolute Gasteiger partial charge is 0.243 e. The van der Waals surface area contributed by atoms with Crippen molar-refractivity contribution in [2.75, 3.05) is 25.5 Å². The maximum absolute atomic E-state index is 13.1. The highest BCUT2D eigenvalue weighted by Crippen LogP contribution is 2.24. The average molecular weight is 428 g/mol. The van der Waals surface area contributed by atoms with Crippen LogP contribution in [-0.2, 0) is 16.0 Å². The Balaban J connectivity index is 1.59. The molecule has 0 saturated carbocycles. The van der Waals surface area contributed by atoms with Gasteiger partial charge in [0.1, 0.15) is 16.6 Å². The van der Waals surface area contributed by atoms with Gasteiger partial charge in [0.25, 0.3) is 0 Å². The number of likely N-dealkylation sites (N-methyl/N-ethyl adjacent to an activating group) is 1. The number of ether oxygens (including phenoxy) is 1. The van der Waals surface area contributed by atoms with Crippen molar-refractivity contribution in [1.82, 2.24) is 9.88 Å². The van der Waals surface area contributed by atoms with Crippen LogP contribution in [0.2, 0.25) is 0 Å². The number of aromatic nitrogens is 1.